The van der Waals surface area contributed by atoms with Gasteiger partial charge in [-0.05, 0) is 31.4 Å². The first-order valence-electron chi connectivity index (χ1n) is 5.74. The largest absolute Gasteiger partial charge is 0.380 e. The Hall–Kier alpha value is -1.25. The molecule has 1 saturated heterocycles. The second-order valence-corrected chi connectivity index (χ2v) is 4.73. The highest BCUT2D eigenvalue weighted by atomic mass is 15.3. The number of hydrogen-bond acceptors (Lipinski definition) is 3. The molecule has 2 aliphatic heterocycles. The van der Waals surface area contributed by atoms with Crippen LogP contribution in [0.25, 0.3) is 0 Å². The van der Waals surface area contributed by atoms with E-state index >= 15 is 0 Å². The molecule has 3 heteroatoms. The molecule has 1 N–H and O–H groups in total. The maximum absolute atomic E-state index is 4.65. The maximum atomic E-state index is 4.65. The number of fused-ring (bicyclic) bond motifs is 3. The Kier molecular flexibility index (Phi) is 1.87. The fourth-order valence-corrected chi connectivity index (χ4v) is 2.70. The third-order valence-electron chi connectivity index (χ3n) is 3.67. The summed E-state index contributed by atoms with van der Waals surface area (Å²) in [6.07, 6.45) is 1.29. The first-order chi connectivity index (χ1) is 7.25. The van der Waals surface area contributed by atoms with Gasteiger partial charge in [-0.1, -0.05) is 6.92 Å². The molecule has 0 bridgehead atoms. The van der Waals surface area contributed by atoms with Crippen LogP contribution in [0.15, 0.2) is 12.1 Å². The van der Waals surface area contributed by atoms with Gasteiger partial charge in [0.05, 0.1) is 11.7 Å². The summed E-state index contributed by atoms with van der Waals surface area (Å²) in [6, 6.07) is 4.87. The molecule has 1 fully saturated rings. The zero-order valence-corrected chi connectivity index (χ0v) is 9.33. The SMILES string of the molecule is Cc1ccc2c(n1)N1CCC(C)C1CN2. The summed E-state index contributed by atoms with van der Waals surface area (Å²) in [7, 11) is 0. The minimum absolute atomic E-state index is 0.645. The van der Waals surface area contributed by atoms with E-state index < -0.39 is 0 Å². The predicted octanol–water partition coefficient (Wildman–Crippen LogP) is 2.03. The van der Waals surface area contributed by atoms with Crippen molar-refractivity contribution in [3.8, 4) is 0 Å². The van der Waals surface area contributed by atoms with E-state index in [1.165, 1.54) is 12.1 Å². The van der Waals surface area contributed by atoms with E-state index in [0.717, 1.165) is 30.5 Å². The van der Waals surface area contributed by atoms with Crippen molar-refractivity contribution in [2.24, 2.45) is 5.92 Å². The summed E-state index contributed by atoms with van der Waals surface area (Å²) in [4.78, 5) is 7.13. The maximum Gasteiger partial charge on any atom is 0.152 e. The summed E-state index contributed by atoms with van der Waals surface area (Å²) in [5, 5.41) is 3.49. The number of nitrogens with one attached hydrogen (secondary N) is 1. The van der Waals surface area contributed by atoms with Crippen molar-refractivity contribution >= 4 is 11.5 Å². The van der Waals surface area contributed by atoms with Gasteiger partial charge in [-0.15, -0.1) is 0 Å². The van der Waals surface area contributed by atoms with Gasteiger partial charge in [0.15, 0.2) is 5.82 Å². The third kappa shape index (κ3) is 1.29. The van der Waals surface area contributed by atoms with Crippen molar-refractivity contribution in [2.75, 3.05) is 23.3 Å². The zero-order chi connectivity index (χ0) is 10.4. The van der Waals surface area contributed by atoms with Crippen LogP contribution in [0.5, 0.6) is 0 Å². The summed E-state index contributed by atoms with van der Waals surface area (Å²) < 4.78 is 0. The average molecular weight is 203 g/mol. The first kappa shape index (κ1) is 9.01. The Morgan fingerprint density at radius 2 is 2.33 bits per heavy atom. The molecule has 0 saturated carbocycles. The Morgan fingerprint density at radius 1 is 1.47 bits per heavy atom. The van der Waals surface area contributed by atoms with Crippen molar-refractivity contribution in [3.63, 3.8) is 0 Å². The second kappa shape index (κ2) is 3.12. The van der Waals surface area contributed by atoms with Crippen LogP contribution >= 0.6 is 0 Å². The summed E-state index contributed by atoms with van der Waals surface area (Å²) >= 11 is 0. The summed E-state index contributed by atoms with van der Waals surface area (Å²) in [5.74, 6) is 1.95. The fraction of sp³-hybridized carbons (Fsp3) is 0.583. The number of nitrogens with zero attached hydrogens (tertiary/aromatic N) is 2. The van der Waals surface area contributed by atoms with E-state index in [0.29, 0.717) is 6.04 Å². The molecule has 2 aliphatic rings. The number of aryl methyl sites for hydroxylation is 1. The molecule has 0 spiro atoms. The average Bonchev–Trinajstić information content (AvgIpc) is 2.61. The van der Waals surface area contributed by atoms with Crippen LogP contribution in [-0.2, 0) is 0 Å². The van der Waals surface area contributed by atoms with Crippen molar-refractivity contribution < 1.29 is 0 Å². The topological polar surface area (TPSA) is 28.2 Å². The normalized spacial score (nSPS) is 28.3. The molecule has 2 unspecified atom stereocenters. The quantitative estimate of drug-likeness (QED) is 0.699. The number of pyridine rings is 1. The number of hydrogen-bond donors (Lipinski definition) is 1. The standard InChI is InChI=1S/C12H17N3/c1-8-5-6-15-11(8)7-13-10-4-3-9(2)14-12(10)15/h3-4,8,11,13H,5-7H2,1-2H3. The van der Waals surface area contributed by atoms with E-state index in [4.69, 9.17) is 0 Å². The van der Waals surface area contributed by atoms with Gasteiger partial charge in [-0.25, -0.2) is 4.98 Å². The molecule has 0 aromatic carbocycles. The third-order valence-corrected chi connectivity index (χ3v) is 3.67. The molecule has 3 rings (SSSR count). The predicted molar refractivity (Wildman–Crippen MR) is 62.4 cm³/mol. The van der Waals surface area contributed by atoms with Crippen LogP contribution < -0.4 is 10.2 Å². The van der Waals surface area contributed by atoms with E-state index in [2.05, 4.69) is 41.2 Å². The fourth-order valence-electron chi connectivity index (χ4n) is 2.70. The molecule has 0 amide bonds. The zero-order valence-electron chi connectivity index (χ0n) is 9.33. The first-order valence-corrected chi connectivity index (χ1v) is 5.74. The van der Waals surface area contributed by atoms with Crippen LogP contribution in [0.4, 0.5) is 11.5 Å². The van der Waals surface area contributed by atoms with Gasteiger partial charge in [-0.2, -0.15) is 0 Å². The van der Waals surface area contributed by atoms with E-state index in [1.54, 1.807) is 0 Å². The molecule has 1 aromatic heterocycles. The van der Waals surface area contributed by atoms with Gasteiger partial charge in [0.25, 0.3) is 0 Å². The van der Waals surface area contributed by atoms with Crippen molar-refractivity contribution in [1.82, 2.24) is 4.98 Å². The van der Waals surface area contributed by atoms with Crippen LogP contribution in [0.1, 0.15) is 19.0 Å². The molecular weight excluding hydrogens is 186 g/mol. The molecule has 3 nitrogen and oxygen atoms in total. The molecule has 80 valence electrons. The van der Waals surface area contributed by atoms with Crippen molar-refractivity contribution in [2.45, 2.75) is 26.3 Å². The van der Waals surface area contributed by atoms with Crippen LogP contribution in [0.3, 0.4) is 0 Å². The lowest BCUT2D eigenvalue weighted by molar-refractivity contribution is 0.521. The smallest absolute Gasteiger partial charge is 0.152 e. The highest BCUT2D eigenvalue weighted by molar-refractivity contribution is 5.69. The number of anilines is 2. The van der Waals surface area contributed by atoms with Crippen molar-refractivity contribution in [3.05, 3.63) is 17.8 Å². The second-order valence-electron chi connectivity index (χ2n) is 4.73. The minimum Gasteiger partial charge on any atom is -0.380 e. The minimum atomic E-state index is 0.645. The van der Waals surface area contributed by atoms with Gasteiger partial charge in [0.1, 0.15) is 0 Å². The molecule has 3 heterocycles. The summed E-state index contributed by atoms with van der Waals surface area (Å²) in [5.41, 5.74) is 2.31. The van der Waals surface area contributed by atoms with Crippen LogP contribution in [0, 0.1) is 12.8 Å². The lowest BCUT2D eigenvalue weighted by Gasteiger charge is -2.35. The Balaban J connectivity index is 2.04. The highest BCUT2D eigenvalue weighted by Gasteiger charge is 2.35. The Morgan fingerprint density at radius 3 is 3.20 bits per heavy atom. The lowest BCUT2D eigenvalue weighted by atomic mass is 10.0. The van der Waals surface area contributed by atoms with Gasteiger partial charge in [0.2, 0.25) is 0 Å². The molecule has 0 aliphatic carbocycles. The van der Waals surface area contributed by atoms with Gasteiger partial charge in [-0.3, -0.25) is 0 Å². The lowest BCUT2D eigenvalue weighted by Crippen LogP contribution is -2.42. The van der Waals surface area contributed by atoms with E-state index in [1.807, 2.05) is 0 Å². The number of aromatic nitrogens is 1. The van der Waals surface area contributed by atoms with Crippen LogP contribution in [0.2, 0.25) is 0 Å². The van der Waals surface area contributed by atoms with Crippen molar-refractivity contribution in [1.29, 1.82) is 0 Å². The van der Waals surface area contributed by atoms with E-state index in [-0.39, 0.29) is 0 Å². The summed E-state index contributed by atoms with van der Waals surface area (Å²) in [6.45, 7) is 6.63. The monoisotopic (exact) mass is 203 g/mol. The van der Waals surface area contributed by atoms with Crippen LogP contribution in [-0.4, -0.2) is 24.1 Å². The van der Waals surface area contributed by atoms with Gasteiger partial charge in [0, 0.05) is 18.8 Å². The Labute approximate surface area is 90.5 Å². The van der Waals surface area contributed by atoms with Gasteiger partial charge >= 0.3 is 0 Å². The number of rotatable bonds is 0. The molecule has 2 atom stereocenters. The molecule has 15 heavy (non-hydrogen) atoms. The molecule has 1 aromatic rings. The molecular formula is C12H17N3. The molecule has 0 radical (unpaired) electrons. The van der Waals surface area contributed by atoms with E-state index in [9.17, 15) is 0 Å². The van der Waals surface area contributed by atoms with Gasteiger partial charge < -0.3 is 10.2 Å². The Bertz CT molecular complexity index is 388. The highest BCUT2D eigenvalue weighted by Crippen LogP contribution is 2.36.